The maximum absolute atomic E-state index is 12.7. The third-order valence-corrected chi connectivity index (χ3v) is 4.55. The van der Waals surface area contributed by atoms with E-state index in [1.165, 1.54) is 0 Å². The molecule has 2 unspecified atom stereocenters. The summed E-state index contributed by atoms with van der Waals surface area (Å²) in [6, 6.07) is 7.62. The number of carbonyl (C=O) groups excluding carboxylic acids is 1. The first kappa shape index (κ1) is 16.5. The van der Waals surface area contributed by atoms with E-state index in [1.807, 2.05) is 36.1 Å². The van der Waals surface area contributed by atoms with Crippen molar-refractivity contribution < 1.29 is 9.53 Å². The molecule has 1 saturated heterocycles. The Balaban J connectivity index is 2.03. The molecular weight excluding hydrogens is 332 g/mol. The minimum Gasteiger partial charge on any atom is -0.381 e. The van der Waals surface area contributed by atoms with Crippen molar-refractivity contribution in [3.05, 3.63) is 34.3 Å². The molecule has 1 heterocycles. The van der Waals surface area contributed by atoms with Crippen LogP contribution in [0, 0.1) is 5.92 Å². The maximum Gasteiger partial charge on any atom is 0.246 e. The number of benzene rings is 1. The molecule has 2 N–H and O–H groups in total. The Bertz CT molecular complexity index is 488. The summed E-state index contributed by atoms with van der Waals surface area (Å²) in [5.41, 5.74) is 6.17. The first-order valence-electron chi connectivity index (χ1n) is 7.37. The van der Waals surface area contributed by atoms with Crippen LogP contribution in [0.3, 0.4) is 0 Å². The van der Waals surface area contributed by atoms with Gasteiger partial charge in [0, 0.05) is 30.1 Å². The molecule has 0 aromatic heterocycles. The van der Waals surface area contributed by atoms with Gasteiger partial charge >= 0.3 is 0 Å². The number of nitrogens with two attached hydrogens (primary N) is 1. The molecule has 2 atom stereocenters. The zero-order valence-electron chi connectivity index (χ0n) is 12.6. The number of amides is 1. The second-order valence-electron chi connectivity index (χ2n) is 5.77. The lowest BCUT2D eigenvalue weighted by Gasteiger charge is -2.29. The van der Waals surface area contributed by atoms with Crippen LogP contribution in [0.1, 0.15) is 25.8 Å². The van der Waals surface area contributed by atoms with Gasteiger partial charge in [-0.25, -0.2) is 0 Å². The third-order valence-electron chi connectivity index (χ3n) is 4.02. The average Bonchev–Trinajstić information content (AvgIpc) is 2.93. The summed E-state index contributed by atoms with van der Waals surface area (Å²) in [7, 11) is 0. The van der Waals surface area contributed by atoms with E-state index in [0.29, 0.717) is 5.92 Å². The Morgan fingerprint density at radius 1 is 1.48 bits per heavy atom. The van der Waals surface area contributed by atoms with Crippen LogP contribution in [-0.2, 0) is 15.1 Å². The minimum atomic E-state index is -0.985. The van der Waals surface area contributed by atoms with Crippen LogP contribution >= 0.6 is 15.9 Å². The lowest BCUT2D eigenvalue weighted by atomic mass is 9.92. The van der Waals surface area contributed by atoms with Crippen LogP contribution < -0.4 is 5.73 Å². The summed E-state index contributed by atoms with van der Waals surface area (Å²) in [5, 5.41) is 0. The highest BCUT2D eigenvalue weighted by molar-refractivity contribution is 9.10. The number of nitrogens with zero attached hydrogens (tertiary/aromatic N) is 1. The molecule has 1 aromatic carbocycles. The van der Waals surface area contributed by atoms with E-state index in [4.69, 9.17) is 10.5 Å². The molecule has 0 aliphatic carbocycles. The smallest absolute Gasteiger partial charge is 0.246 e. The predicted molar refractivity (Wildman–Crippen MR) is 86.9 cm³/mol. The van der Waals surface area contributed by atoms with Gasteiger partial charge < -0.3 is 15.4 Å². The first-order chi connectivity index (χ1) is 9.95. The molecule has 1 aliphatic heterocycles. The summed E-state index contributed by atoms with van der Waals surface area (Å²) < 4.78 is 6.43. The van der Waals surface area contributed by atoms with Crippen LogP contribution in [0.2, 0.25) is 0 Å². The van der Waals surface area contributed by atoms with Gasteiger partial charge in [-0.1, -0.05) is 28.1 Å². The molecule has 0 saturated carbocycles. The van der Waals surface area contributed by atoms with E-state index in [2.05, 4.69) is 15.9 Å². The summed E-state index contributed by atoms with van der Waals surface area (Å²) in [6.45, 7) is 6.72. The summed E-state index contributed by atoms with van der Waals surface area (Å²) in [4.78, 5) is 14.6. The molecule has 4 nitrogen and oxygen atoms in total. The fourth-order valence-corrected chi connectivity index (χ4v) is 2.95. The molecule has 5 heteroatoms. The Morgan fingerprint density at radius 2 is 2.14 bits per heavy atom. The molecule has 1 amide bonds. The third kappa shape index (κ3) is 3.84. The summed E-state index contributed by atoms with van der Waals surface area (Å²) >= 11 is 3.40. The number of hydrogen-bond donors (Lipinski definition) is 1. The number of likely N-dealkylation sites (tertiary alicyclic amines) is 1. The molecule has 1 aliphatic rings. The Hall–Kier alpha value is -0.910. The van der Waals surface area contributed by atoms with Crippen molar-refractivity contribution in [2.75, 3.05) is 26.3 Å². The second kappa shape index (κ2) is 6.90. The Morgan fingerprint density at radius 3 is 2.76 bits per heavy atom. The van der Waals surface area contributed by atoms with E-state index < -0.39 is 5.54 Å². The van der Waals surface area contributed by atoms with E-state index in [9.17, 15) is 4.79 Å². The Labute approximate surface area is 134 Å². The molecule has 1 fully saturated rings. The van der Waals surface area contributed by atoms with Gasteiger partial charge in [-0.15, -0.1) is 0 Å². The van der Waals surface area contributed by atoms with Crippen LogP contribution in [0.25, 0.3) is 0 Å². The molecule has 21 heavy (non-hydrogen) atoms. The zero-order valence-corrected chi connectivity index (χ0v) is 14.2. The Kier molecular flexibility index (Phi) is 5.41. The largest absolute Gasteiger partial charge is 0.381 e. The standard InChI is InChI=1S/C16H23BrN2O2/c1-3-21-11-12-8-9-19(10-12)15(20)16(2,18)13-4-6-14(17)7-5-13/h4-7,12H,3,8-11,18H2,1-2H3. The van der Waals surface area contributed by atoms with E-state index in [1.54, 1.807) is 6.92 Å². The lowest BCUT2D eigenvalue weighted by molar-refractivity contribution is -0.135. The molecule has 0 spiro atoms. The highest BCUT2D eigenvalue weighted by Crippen LogP contribution is 2.26. The quantitative estimate of drug-likeness (QED) is 0.883. The normalized spacial score (nSPS) is 21.3. The van der Waals surface area contributed by atoms with Crippen molar-refractivity contribution in [1.29, 1.82) is 0 Å². The SMILES string of the molecule is CCOCC1CCN(C(=O)C(C)(N)c2ccc(Br)cc2)C1. The van der Waals surface area contributed by atoms with E-state index in [0.717, 1.165) is 42.8 Å². The first-order valence-corrected chi connectivity index (χ1v) is 8.16. The van der Waals surface area contributed by atoms with Gasteiger partial charge in [-0.2, -0.15) is 0 Å². The van der Waals surface area contributed by atoms with Gasteiger partial charge in [0.2, 0.25) is 5.91 Å². The van der Waals surface area contributed by atoms with Crippen molar-refractivity contribution in [2.24, 2.45) is 11.7 Å². The van der Waals surface area contributed by atoms with Crippen molar-refractivity contribution in [3.63, 3.8) is 0 Å². The van der Waals surface area contributed by atoms with Crippen LogP contribution in [0.15, 0.2) is 28.7 Å². The zero-order chi connectivity index (χ0) is 15.5. The molecule has 116 valence electrons. The number of carbonyl (C=O) groups is 1. The lowest BCUT2D eigenvalue weighted by Crippen LogP contribution is -2.50. The van der Waals surface area contributed by atoms with Crippen LogP contribution in [0.4, 0.5) is 0 Å². The van der Waals surface area contributed by atoms with Gasteiger partial charge in [0.1, 0.15) is 5.54 Å². The molecule has 0 bridgehead atoms. The fourth-order valence-electron chi connectivity index (χ4n) is 2.69. The van der Waals surface area contributed by atoms with Crippen molar-refractivity contribution in [1.82, 2.24) is 4.90 Å². The van der Waals surface area contributed by atoms with Gasteiger partial charge in [-0.05, 0) is 38.0 Å². The minimum absolute atomic E-state index is 0.0104. The molecular formula is C16H23BrN2O2. The van der Waals surface area contributed by atoms with Crippen molar-refractivity contribution >= 4 is 21.8 Å². The van der Waals surface area contributed by atoms with Crippen molar-refractivity contribution in [2.45, 2.75) is 25.8 Å². The number of rotatable bonds is 5. The average molecular weight is 355 g/mol. The number of ether oxygens (including phenoxy) is 1. The fraction of sp³-hybridized carbons (Fsp3) is 0.562. The maximum atomic E-state index is 12.7. The van der Waals surface area contributed by atoms with Gasteiger partial charge in [-0.3, -0.25) is 4.79 Å². The highest BCUT2D eigenvalue weighted by atomic mass is 79.9. The van der Waals surface area contributed by atoms with Gasteiger partial charge in [0.05, 0.1) is 6.61 Å². The van der Waals surface area contributed by atoms with Gasteiger partial charge in [0.25, 0.3) is 0 Å². The number of halogens is 1. The summed E-state index contributed by atoms with van der Waals surface area (Å²) in [5.74, 6) is 0.415. The van der Waals surface area contributed by atoms with Crippen LogP contribution in [-0.4, -0.2) is 37.1 Å². The molecule has 0 radical (unpaired) electrons. The predicted octanol–water partition coefficient (Wildman–Crippen LogP) is 2.51. The second-order valence-corrected chi connectivity index (χ2v) is 6.69. The van der Waals surface area contributed by atoms with Crippen LogP contribution in [0.5, 0.6) is 0 Å². The number of hydrogen-bond acceptors (Lipinski definition) is 3. The van der Waals surface area contributed by atoms with Crippen molar-refractivity contribution in [3.8, 4) is 0 Å². The topological polar surface area (TPSA) is 55.6 Å². The van der Waals surface area contributed by atoms with E-state index in [-0.39, 0.29) is 5.91 Å². The highest BCUT2D eigenvalue weighted by Gasteiger charge is 2.37. The van der Waals surface area contributed by atoms with E-state index >= 15 is 0 Å². The molecule has 1 aromatic rings. The summed E-state index contributed by atoms with van der Waals surface area (Å²) in [6.07, 6.45) is 0.988. The molecule has 2 rings (SSSR count). The van der Waals surface area contributed by atoms with Gasteiger partial charge in [0.15, 0.2) is 0 Å². The monoisotopic (exact) mass is 354 g/mol.